The van der Waals surface area contributed by atoms with Crippen LogP contribution in [0, 0.1) is 11.8 Å². The van der Waals surface area contributed by atoms with Crippen LogP contribution in [0.1, 0.15) is 103 Å². The van der Waals surface area contributed by atoms with Gasteiger partial charge in [-0.2, -0.15) is 0 Å². The van der Waals surface area contributed by atoms with Gasteiger partial charge < -0.3 is 5.11 Å². The van der Waals surface area contributed by atoms with Gasteiger partial charge in [0.25, 0.3) is 0 Å². The smallest absolute Gasteiger partial charge is 0.327 e. The van der Waals surface area contributed by atoms with E-state index in [0.717, 1.165) is 24.7 Å². The van der Waals surface area contributed by atoms with Gasteiger partial charge in [-0.05, 0) is 24.7 Å². The van der Waals surface area contributed by atoms with Gasteiger partial charge in [0, 0.05) is 6.08 Å². The van der Waals surface area contributed by atoms with Crippen molar-refractivity contribution in [1.29, 1.82) is 0 Å². The van der Waals surface area contributed by atoms with Crippen molar-refractivity contribution >= 4 is 5.97 Å². The molecule has 0 aromatic carbocycles. The first-order valence-electron chi connectivity index (χ1n) is 10.1. The average molecular weight is 323 g/mol. The lowest BCUT2D eigenvalue weighted by molar-refractivity contribution is -0.131. The van der Waals surface area contributed by atoms with E-state index in [1.165, 1.54) is 89.5 Å². The molecule has 1 aliphatic rings. The lowest BCUT2D eigenvalue weighted by Gasteiger charge is -2.19. The molecule has 134 valence electrons. The largest absolute Gasteiger partial charge is 0.478 e. The third-order valence-corrected chi connectivity index (χ3v) is 5.45. The Balaban J connectivity index is 2.01. The second-order valence-electron chi connectivity index (χ2n) is 7.39. The van der Waals surface area contributed by atoms with Gasteiger partial charge in [0.15, 0.2) is 0 Å². The Bertz CT molecular complexity index is 322. The lowest BCUT2D eigenvalue weighted by Crippen LogP contribution is -2.08. The Morgan fingerprint density at radius 3 is 2.09 bits per heavy atom. The predicted octanol–water partition coefficient (Wildman–Crippen LogP) is 6.74. The fourth-order valence-corrected chi connectivity index (χ4v) is 4.09. The number of hydrogen-bond donors (Lipinski definition) is 1. The van der Waals surface area contributed by atoms with Crippen LogP contribution >= 0.6 is 0 Å². The number of rotatable bonds is 14. The van der Waals surface area contributed by atoms with E-state index in [9.17, 15) is 4.79 Å². The highest BCUT2D eigenvalue weighted by Crippen LogP contribution is 2.38. The molecular formula is C21H38O2. The quantitative estimate of drug-likeness (QED) is 0.284. The molecule has 1 fully saturated rings. The molecule has 1 aliphatic carbocycles. The van der Waals surface area contributed by atoms with Gasteiger partial charge in [-0.3, -0.25) is 0 Å². The highest BCUT2D eigenvalue weighted by atomic mass is 16.4. The molecule has 0 aromatic heterocycles. The Morgan fingerprint density at radius 1 is 0.913 bits per heavy atom. The summed E-state index contributed by atoms with van der Waals surface area (Å²) in [5.74, 6) is 1.12. The zero-order valence-electron chi connectivity index (χ0n) is 15.3. The van der Waals surface area contributed by atoms with Crippen molar-refractivity contribution in [3.8, 4) is 0 Å². The van der Waals surface area contributed by atoms with Crippen LogP contribution in [0.4, 0.5) is 0 Å². The van der Waals surface area contributed by atoms with Gasteiger partial charge in [0.05, 0.1) is 0 Å². The minimum absolute atomic E-state index is 0.824. The van der Waals surface area contributed by atoms with Crippen LogP contribution in [-0.4, -0.2) is 11.1 Å². The molecule has 2 heteroatoms. The van der Waals surface area contributed by atoms with Crippen molar-refractivity contribution in [2.24, 2.45) is 11.8 Å². The van der Waals surface area contributed by atoms with Gasteiger partial charge in [-0.25, -0.2) is 4.79 Å². The zero-order chi connectivity index (χ0) is 16.8. The number of unbranched alkanes of at least 4 members (excludes halogenated alkanes) is 8. The van der Waals surface area contributed by atoms with E-state index in [0.29, 0.717) is 0 Å². The first-order valence-corrected chi connectivity index (χ1v) is 10.1. The van der Waals surface area contributed by atoms with E-state index < -0.39 is 5.97 Å². The van der Waals surface area contributed by atoms with E-state index in [2.05, 4.69) is 6.92 Å². The summed E-state index contributed by atoms with van der Waals surface area (Å²) in [5, 5.41) is 8.55. The van der Waals surface area contributed by atoms with Crippen molar-refractivity contribution in [3.05, 3.63) is 12.2 Å². The Morgan fingerprint density at radius 2 is 1.48 bits per heavy atom. The van der Waals surface area contributed by atoms with E-state index in [1.54, 1.807) is 6.08 Å². The molecular weight excluding hydrogens is 284 g/mol. The summed E-state index contributed by atoms with van der Waals surface area (Å²) in [5.41, 5.74) is 0. The summed E-state index contributed by atoms with van der Waals surface area (Å²) in [6.45, 7) is 2.28. The molecule has 1 rings (SSSR count). The molecule has 0 saturated heterocycles. The number of allylic oxidation sites excluding steroid dienone is 1. The summed E-state index contributed by atoms with van der Waals surface area (Å²) in [7, 11) is 0. The fourth-order valence-electron chi connectivity index (χ4n) is 4.09. The van der Waals surface area contributed by atoms with Crippen molar-refractivity contribution in [2.75, 3.05) is 0 Å². The number of aliphatic carboxylic acids is 1. The molecule has 0 radical (unpaired) electrons. The van der Waals surface area contributed by atoms with Crippen LogP contribution in [0.3, 0.4) is 0 Å². The van der Waals surface area contributed by atoms with Crippen molar-refractivity contribution < 1.29 is 9.90 Å². The maximum absolute atomic E-state index is 10.4. The molecule has 23 heavy (non-hydrogen) atoms. The van der Waals surface area contributed by atoms with Crippen LogP contribution in [0.25, 0.3) is 0 Å². The third kappa shape index (κ3) is 10.6. The summed E-state index contributed by atoms with van der Waals surface area (Å²) in [6, 6.07) is 0. The molecule has 0 aromatic rings. The normalized spacial score (nSPS) is 21.3. The SMILES string of the molecule is CCCCCCCCC[C@H]1CCC[C@@H]1CCCCC=CC(=O)O. The molecule has 2 atom stereocenters. The van der Waals surface area contributed by atoms with Crippen LogP contribution in [0.2, 0.25) is 0 Å². The first kappa shape index (κ1) is 20.3. The van der Waals surface area contributed by atoms with Crippen LogP contribution in [-0.2, 0) is 4.79 Å². The van der Waals surface area contributed by atoms with Gasteiger partial charge >= 0.3 is 5.97 Å². The topological polar surface area (TPSA) is 37.3 Å². The summed E-state index contributed by atoms with van der Waals surface area (Å²) in [6.07, 6.45) is 23.5. The highest BCUT2D eigenvalue weighted by Gasteiger charge is 2.25. The number of hydrogen-bond acceptors (Lipinski definition) is 1. The van der Waals surface area contributed by atoms with E-state index in [-0.39, 0.29) is 0 Å². The summed E-state index contributed by atoms with van der Waals surface area (Å²) < 4.78 is 0. The van der Waals surface area contributed by atoms with Crippen LogP contribution in [0.5, 0.6) is 0 Å². The molecule has 0 heterocycles. The number of carboxylic acid groups (broad SMARTS) is 1. The lowest BCUT2D eigenvalue weighted by atomic mass is 9.87. The molecule has 1 N–H and O–H groups in total. The molecule has 0 unspecified atom stereocenters. The van der Waals surface area contributed by atoms with Gasteiger partial charge in [-0.1, -0.05) is 96.5 Å². The molecule has 0 amide bonds. The Labute approximate surface area is 143 Å². The second kappa shape index (κ2) is 13.6. The minimum atomic E-state index is -0.824. The molecule has 0 bridgehead atoms. The number of carbonyl (C=O) groups is 1. The molecule has 0 spiro atoms. The van der Waals surface area contributed by atoms with Crippen LogP contribution in [0.15, 0.2) is 12.2 Å². The van der Waals surface area contributed by atoms with Crippen molar-refractivity contribution in [1.82, 2.24) is 0 Å². The monoisotopic (exact) mass is 322 g/mol. The Kier molecular flexibility index (Phi) is 12.0. The third-order valence-electron chi connectivity index (χ3n) is 5.45. The summed E-state index contributed by atoms with van der Waals surface area (Å²) >= 11 is 0. The standard InChI is InChI=1S/C21H38O2/c1-2-3-4-5-6-7-10-14-19-16-13-17-20(19)15-11-8-9-12-18-21(22)23/h12,18-20H,2-11,13-17H2,1H3,(H,22,23)/t19-,20-/m0/s1. The molecule has 0 aliphatic heterocycles. The van der Waals surface area contributed by atoms with Gasteiger partial charge in [0.2, 0.25) is 0 Å². The van der Waals surface area contributed by atoms with Crippen LogP contribution < -0.4 is 0 Å². The fraction of sp³-hybridized carbons (Fsp3) is 0.857. The highest BCUT2D eigenvalue weighted by molar-refractivity contribution is 5.79. The van der Waals surface area contributed by atoms with E-state index in [1.807, 2.05) is 0 Å². The van der Waals surface area contributed by atoms with E-state index >= 15 is 0 Å². The van der Waals surface area contributed by atoms with Crippen molar-refractivity contribution in [2.45, 2.75) is 103 Å². The van der Waals surface area contributed by atoms with E-state index in [4.69, 9.17) is 5.11 Å². The first-order chi connectivity index (χ1) is 11.2. The minimum Gasteiger partial charge on any atom is -0.478 e. The maximum atomic E-state index is 10.4. The number of carboxylic acids is 1. The van der Waals surface area contributed by atoms with Gasteiger partial charge in [-0.15, -0.1) is 0 Å². The average Bonchev–Trinajstić information content (AvgIpc) is 2.97. The predicted molar refractivity (Wildman–Crippen MR) is 98.7 cm³/mol. The second-order valence-corrected chi connectivity index (χ2v) is 7.39. The van der Waals surface area contributed by atoms with Gasteiger partial charge in [0.1, 0.15) is 0 Å². The zero-order valence-corrected chi connectivity index (χ0v) is 15.3. The summed E-state index contributed by atoms with van der Waals surface area (Å²) in [4.78, 5) is 10.4. The molecule has 1 saturated carbocycles. The molecule has 2 nitrogen and oxygen atoms in total. The van der Waals surface area contributed by atoms with Crippen molar-refractivity contribution in [3.63, 3.8) is 0 Å². The Hall–Kier alpha value is -0.790. The maximum Gasteiger partial charge on any atom is 0.327 e.